The fourth-order valence-electron chi connectivity index (χ4n) is 9.35. The van der Waals surface area contributed by atoms with Crippen LogP contribution in [0, 0.1) is 0 Å². The molecule has 1 aromatic carbocycles. The van der Waals surface area contributed by atoms with Crippen LogP contribution in [-0.4, -0.2) is 294 Å². The van der Waals surface area contributed by atoms with Crippen molar-refractivity contribution in [3.63, 3.8) is 0 Å². The highest BCUT2D eigenvalue weighted by Gasteiger charge is 2.56. The number of hydrogen-bond donors (Lipinski definition) is 11. The Morgan fingerprint density at radius 3 is 1.87 bits per heavy atom. The molecule has 4 heterocycles. The highest BCUT2D eigenvalue weighted by Crippen LogP contribution is 2.35. The summed E-state index contributed by atoms with van der Waals surface area (Å²) in [6.45, 7) is 5.42. The van der Waals surface area contributed by atoms with Crippen LogP contribution in [0.5, 0.6) is 0 Å². The largest absolute Gasteiger partial charge is 0.477 e. The first-order chi connectivity index (χ1) is 44.2. The van der Waals surface area contributed by atoms with Crippen LogP contribution in [0.3, 0.4) is 0 Å². The summed E-state index contributed by atoms with van der Waals surface area (Å²) < 4.78 is 68.2. The number of amides is 6. The van der Waals surface area contributed by atoms with Crippen molar-refractivity contribution in [2.24, 2.45) is 0 Å². The molecule has 2 aromatic rings. The number of fused-ring (bicyclic) bond motifs is 1. The topological polar surface area (TPSA) is 417 Å². The van der Waals surface area contributed by atoms with Crippen molar-refractivity contribution < 1.29 is 111 Å². The number of nitrogens with zero attached hydrogens (tertiary/aromatic N) is 3. The molecule has 1 aromatic heterocycles. The highest BCUT2D eigenvalue weighted by atomic mass is 35.5. The zero-order chi connectivity index (χ0) is 65.3. The second-order valence-electron chi connectivity index (χ2n) is 21.0. The van der Waals surface area contributed by atoms with Gasteiger partial charge in [0.2, 0.25) is 23.6 Å². The zero-order valence-electron chi connectivity index (χ0n) is 51.3. The van der Waals surface area contributed by atoms with E-state index < -0.39 is 73.6 Å². The molecule has 5 rings (SSSR count). The maximum absolute atomic E-state index is 12.6. The molecule has 516 valence electrons. The first-order valence-corrected chi connectivity index (χ1v) is 32.0. The number of nitrogens with one attached hydrogen (secondary N) is 6. The van der Waals surface area contributed by atoms with Crippen molar-refractivity contribution in [3.05, 3.63) is 46.7 Å². The van der Waals surface area contributed by atoms with E-state index in [-0.39, 0.29) is 89.0 Å². The summed E-state index contributed by atoms with van der Waals surface area (Å²) in [5, 5.41) is 77.9. The predicted molar refractivity (Wildman–Crippen MR) is 323 cm³/mol. The number of aromatic nitrogens is 3. The van der Waals surface area contributed by atoms with E-state index in [1.807, 2.05) is 11.8 Å². The van der Waals surface area contributed by atoms with Gasteiger partial charge in [-0.05, 0) is 30.5 Å². The number of unbranched alkanes of at least 4 members (excludes halogenated alkanes) is 1. The van der Waals surface area contributed by atoms with E-state index in [0.29, 0.717) is 140 Å². The maximum atomic E-state index is 12.6. The molecule has 3 aliphatic rings. The Hall–Kier alpha value is -5.02. The van der Waals surface area contributed by atoms with Crippen molar-refractivity contribution in [1.29, 1.82) is 0 Å². The van der Waals surface area contributed by atoms with Crippen LogP contribution in [-0.2, 0) is 100 Å². The monoisotopic (exact) mass is 1340 g/mol. The molecule has 0 saturated carbocycles. The van der Waals surface area contributed by atoms with Gasteiger partial charge in [-0.2, -0.15) is 11.8 Å². The van der Waals surface area contributed by atoms with Crippen molar-refractivity contribution in [2.45, 2.75) is 112 Å². The third-order valence-electron chi connectivity index (χ3n) is 14.0. The Morgan fingerprint density at radius 1 is 0.703 bits per heavy atom. The number of thioether (sulfide) groups is 1. The molecule has 0 spiro atoms. The Kier molecular flexibility index (Phi) is 38.2. The zero-order valence-corrected chi connectivity index (χ0v) is 52.8. The molecule has 0 bridgehead atoms. The lowest BCUT2D eigenvalue weighted by molar-refractivity contribution is -0.312. The Bertz CT molecular complexity index is 2400. The second-order valence-corrected chi connectivity index (χ2v) is 22.7. The molecule has 91 heavy (non-hydrogen) atoms. The number of carbonyl (C=O) groups is 6. The SMILES string of the molecule is O=C(CCCC[C@H]1SC[C@H]2NC(=O)N[C@H]21)NCCOCCOCCOCCOCCC(=O)NCCOCCOCCOCCOCc1cn(CCOCCOCCO[C@]2(C(=O)O)C[C@H](O)[C@@H](NC(=O)CO)[C@H]([C@H](O)[C@H](O)CNC(=O)Cc3ccc(Cl)cc3)O2)nn1. The predicted octanol–water partition coefficient (Wildman–Crippen LogP) is -2.55. The number of rotatable bonds is 53. The van der Waals surface area contributed by atoms with Gasteiger partial charge in [0, 0.05) is 54.9 Å². The van der Waals surface area contributed by atoms with Crippen LogP contribution in [0.4, 0.5) is 4.79 Å². The first kappa shape index (κ1) is 76.7. The van der Waals surface area contributed by atoms with E-state index >= 15 is 0 Å². The van der Waals surface area contributed by atoms with Gasteiger partial charge < -0.3 is 114 Å². The molecule has 3 saturated heterocycles. The number of ether oxygens (including phenoxy) is 12. The van der Waals surface area contributed by atoms with Crippen molar-refractivity contribution in [2.75, 3.05) is 164 Å². The van der Waals surface area contributed by atoms with Crippen molar-refractivity contribution >= 4 is 59.0 Å². The Labute approximate surface area is 537 Å². The molecule has 0 radical (unpaired) electrons. The quantitative estimate of drug-likeness (QED) is 0.0240. The molecular weight excluding hydrogens is 1250 g/mol. The summed E-state index contributed by atoms with van der Waals surface area (Å²) in [5.74, 6) is -4.92. The van der Waals surface area contributed by atoms with E-state index in [1.54, 1.807) is 35.1 Å². The first-order valence-electron chi connectivity index (χ1n) is 30.6. The normalized spacial score (nSPS) is 21.0. The molecule has 34 heteroatoms. The third-order valence-corrected chi connectivity index (χ3v) is 15.8. The number of carbonyl (C=O) groups excluding carboxylic acids is 5. The minimum absolute atomic E-state index is 0.0123. The van der Waals surface area contributed by atoms with Crippen LogP contribution >= 0.6 is 23.4 Å². The fraction of sp³-hybridized carbons (Fsp3) is 0.754. The summed E-state index contributed by atoms with van der Waals surface area (Å²) in [5.41, 5.74) is 1.23. The summed E-state index contributed by atoms with van der Waals surface area (Å²) in [6.07, 6.45) is -2.88. The summed E-state index contributed by atoms with van der Waals surface area (Å²) in [7, 11) is 0. The average molecular weight is 1340 g/mol. The van der Waals surface area contributed by atoms with Gasteiger partial charge in [0.15, 0.2) is 0 Å². The molecule has 9 atom stereocenters. The molecule has 0 unspecified atom stereocenters. The number of halogens is 1. The van der Waals surface area contributed by atoms with Crippen molar-refractivity contribution in [1.82, 2.24) is 46.9 Å². The standard InChI is InChI=1S/C57H92ClN9O23S/c58-41-7-5-40(6-8-41)33-49(73)61-35-45(70)53(75)54-52(63-50(74)37-68)44(69)34-57(90-54,55(76)77)89-32-31-87-24-20-82-16-12-67-36-42(65-66-67)38-88-30-29-86-28-27-85-23-19-81-15-11-60-48(72)9-13-79-17-21-83-25-26-84-22-18-80-14-10-59-47(71)4-2-1-3-46-51-43(39-91-46)62-56(78)64-51/h5-8,36,43-46,51-54,68-70,75H,1-4,9-35,37-39H2,(H,59,71)(H,60,72)(H,61,73)(H,63,74)(H,76,77)(H2,62,64,78)/t43-,44+,45-,46-,51-,52-,53-,54-,57-/m1/s1. The molecular formula is C57H92ClN9O23S. The number of benzene rings is 1. The van der Waals surface area contributed by atoms with Gasteiger partial charge in [-0.1, -0.05) is 35.4 Å². The van der Waals surface area contributed by atoms with E-state index in [1.165, 1.54) is 0 Å². The number of aliphatic carboxylic acids is 1. The molecule has 11 N–H and O–H groups in total. The van der Waals surface area contributed by atoms with Gasteiger partial charge in [0.1, 0.15) is 24.5 Å². The molecule has 32 nitrogen and oxygen atoms in total. The molecule has 0 aliphatic carbocycles. The van der Waals surface area contributed by atoms with Gasteiger partial charge in [-0.25, -0.2) is 14.3 Å². The van der Waals surface area contributed by atoms with Gasteiger partial charge >= 0.3 is 12.0 Å². The molecule has 3 aliphatic heterocycles. The number of aliphatic hydroxyl groups excluding tert-OH is 4. The fourth-order valence-corrected chi connectivity index (χ4v) is 11.0. The van der Waals surface area contributed by atoms with E-state index in [2.05, 4.69) is 42.2 Å². The number of aliphatic hydroxyl groups is 4. The number of carboxylic acid groups (broad SMARTS) is 1. The lowest BCUT2D eigenvalue weighted by Gasteiger charge is -2.46. The van der Waals surface area contributed by atoms with Gasteiger partial charge in [0.25, 0.3) is 5.79 Å². The van der Waals surface area contributed by atoms with Gasteiger partial charge in [-0.3, -0.25) is 19.2 Å². The highest BCUT2D eigenvalue weighted by molar-refractivity contribution is 8.00. The summed E-state index contributed by atoms with van der Waals surface area (Å²) in [4.78, 5) is 72.9. The maximum Gasteiger partial charge on any atom is 0.364 e. The Balaban J connectivity index is 0.745. The van der Waals surface area contributed by atoms with E-state index in [0.717, 1.165) is 25.0 Å². The van der Waals surface area contributed by atoms with Gasteiger partial charge in [-0.15, -0.1) is 5.10 Å². The summed E-state index contributed by atoms with van der Waals surface area (Å²) >= 11 is 7.78. The second kappa shape index (κ2) is 45.3. The molecule has 3 fully saturated rings. The van der Waals surface area contributed by atoms with E-state index in [4.69, 9.17) is 68.4 Å². The summed E-state index contributed by atoms with van der Waals surface area (Å²) in [6, 6.07) is 5.31. The number of hydrogen-bond acceptors (Lipinski definition) is 25. The van der Waals surface area contributed by atoms with Gasteiger partial charge in [0.05, 0.1) is 188 Å². The lowest BCUT2D eigenvalue weighted by Crippen LogP contribution is -2.68. The van der Waals surface area contributed by atoms with E-state index in [9.17, 15) is 54.3 Å². The number of carboxylic acids is 1. The third kappa shape index (κ3) is 31.2. The van der Waals surface area contributed by atoms with Crippen LogP contribution in [0.1, 0.15) is 49.8 Å². The van der Waals surface area contributed by atoms with Crippen LogP contribution in [0.2, 0.25) is 5.02 Å². The smallest absolute Gasteiger partial charge is 0.364 e. The van der Waals surface area contributed by atoms with Crippen LogP contribution in [0.15, 0.2) is 30.5 Å². The molecule has 6 amide bonds. The minimum Gasteiger partial charge on any atom is -0.477 e. The van der Waals surface area contributed by atoms with Crippen LogP contribution in [0.25, 0.3) is 0 Å². The lowest BCUT2D eigenvalue weighted by atomic mass is 9.88. The minimum atomic E-state index is -2.56. The van der Waals surface area contributed by atoms with Crippen molar-refractivity contribution in [3.8, 4) is 0 Å². The Morgan fingerprint density at radius 2 is 1.26 bits per heavy atom. The van der Waals surface area contributed by atoms with Crippen LogP contribution < -0.4 is 31.9 Å². The number of urea groups is 1. The average Bonchev–Trinajstić information content (AvgIpc) is 2.21.